The molecule has 1 saturated carbocycles. The van der Waals surface area contributed by atoms with E-state index in [1.165, 1.54) is 0 Å². The van der Waals surface area contributed by atoms with E-state index in [1.54, 1.807) is 6.08 Å². The molecule has 0 aliphatic heterocycles. The minimum absolute atomic E-state index is 0.0212. The van der Waals surface area contributed by atoms with Gasteiger partial charge in [0.25, 0.3) is 0 Å². The zero-order valence-corrected chi connectivity index (χ0v) is 17.3. The molecule has 3 atom stereocenters. The molecule has 26 heavy (non-hydrogen) atoms. The molecule has 1 aromatic carbocycles. The fourth-order valence-electron chi connectivity index (χ4n) is 2.95. The lowest BCUT2D eigenvalue weighted by Gasteiger charge is -2.02. The Kier molecular flexibility index (Phi) is 5.81. The highest BCUT2D eigenvalue weighted by Crippen LogP contribution is 2.60. The number of rotatable bonds is 6. The summed E-state index contributed by atoms with van der Waals surface area (Å²) in [6, 6.07) is 9.52. The largest absolute Gasteiger partial charge is 0.300 e. The van der Waals surface area contributed by atoms with Crippen molar-refractivity contribution in [3.8, 4) is 0 Å². The standard InChI is InChI=1S/C17H17Cl2N3O2S2/c1-17(2)11(8-12(18)19)13(17)14(23)20-15-21-22-16(25-15)26(24)9-10-6-4-3-5-7-10/h3-8,11,13H,9H2,1-2H3,(H,20,21,23)/t11-,13-,26+/m1/s1. The maximum atomic E-state index is 12.5. The predicted octanol–water partition coefficient (Wildman–Crippen LogP) is 4.38. The lowest BCUT2D eigenvalue weighted by atomic mass is 10.1. The number of benzene rings is 1. The summed E-state index contributed by atoms with van der Waals surface area (Å²) < 4.78 is 13.0. The number of anilines is 1. The molecular weight excluding hydrogens is 413 g/mol. The molecule has 1 N–H and O–H groups in total. The lowest BCUT2D eigenvalue weighted by Crippen LogP contribution is -2.16. The van der Waals surface area contributed by atoms with Gasteiger partial charge in [-0.2, -0.15) is 0 Å². The SMILES string of the molecule is CC1(C)[C@H](C=C(Cl)Cl)[C@@H]1C(=O)Nc1nnc([S@@](=O)Cc2ccccc2)s1. The van der Waals surface area contributed by atoms with Crippen LogP contribution in [-0.4, -0.2) is 20.3 Å². The van der Waals surface area contributed by atoms with E-state index in [2.05, 4.69) is 15.5 Å². The zero-order chi connectivity index (χ0) is 18.9. The fraction of sp³-hybridized carbons (Fsp3) is 0.353. The summed E-state index contributed by atoms with van der Waals surface area (Å²) >= 11 is 12.6. The van der Waals surface area contributed by atoms with Gasteiger partial charge >= 0.3 is 0 Å². The molecular formula is C17H17Cl2N3O2S2. The average Bonchev–Trinajstić information content (AvgIpc) is 2.92. The quantitative estimate of drug-likeness (QED) is 0.691. The molecule has 1 amide bonds. The number of nitrogens with one attached hydrogen (secondary N) is 1. The first-order chi connectivity index (χ1) is 12.3. The van der Waals surface area contributed by atoms with Gasteiger partial charge in [0.2, 0.25) is 15.4 Å². The van der Waals surface area contributed by atoms with Crippen LogP contribution in [0.2, 0.25) is 0 Å². The summed E-state index contributed by atoms with van der Waals surface area (Å²) in [7, 11) is -1.30. The number of hydrogen-bond acceptors (Lipinski definition) is 5. The second-order valence-corrected chi connectivity index (χ2v) is 10.2. The number of amides is 1. The summed E-state index contributed by atoms with van der Waals surface area (Å²) in [5.41, 5.74) is 0.738. The molecule has 138 valence electrons. The Bertz CT molecular complexity index is 864. The van der Waals surface area contributed by atoms with Crippen LogP contribution in [0, 0.1) is 17.3 Å². The van der Waals surface area contributed by atoms with E-state index >= 15 is 0 Å². The summed E-state index contributed by atoms with van der Waals surface area (Å²) in [5, 5.41) is 11.0. The van der Waals surface area contributed by atoms with Crippen molar-refractivity contribution < 1.29 is 9.00 Å². The van der Waals surface area contributed by atoms with Gasteiger partial charge in [0.15, 0.2) is 0 Å². The summed E-state index contributed by atoms with van der Waals surface area (Å²) in [4.78, 5) is 12.5. The minimum Gasteiger partial charge on any atom is -0.300 e. The number of aromatic nitrogens is 2. The van der Waals surface area contributed by atoms with Crippen molar-refractivity contribution in [1.82, 2.24) is 10.2 Å². The van der Waals surface area contributed by atoms with E-state index in [-0.39, 0.29) is 27.6 Å². The van der Waals surface area contributed by atoms with Crippen molar-refractivity contribution in [2.45, 2.75) is 23.9 Å². The van der Waals surface area contributed by atoms with Gasteiger partial charge in [-0.05, 0) is 23.0 Å². The van der Waals surface area contributed by atoms with Crippen molar-refractivity contribution in [3.63, 3.8) is 0 Å². The van der Waals surface area contributed by atoms with Crippen LogP contribution in [0.1, 0.15) is 19.4 Å². The fourth-order valence-corrected chi connectivity index (χ4v) is 5.24. The molecule has 1 heterocycles. The molecule has 2 aromatic rings. The molecule has 1 fully saturated rings. The van der Waals surface area contributed by atoms with Gasteiger partial charge < -0.3 is 5.32 Å². The smallest absolute Gasteiger partial charge is 0.230 e. The molecule has 0 spiro atoms. The topological polar surface area (TPSA) is 72.0 Å². The van der Waals surface area contributed by atoms with E-state index in [4.69, 9.17) is 23.2 Å². The minimum atomic E-state index is -1.30. The highest BCUT2D eigenvalue weighted by Gasteiger charge is 2.60. The maximum Gasteiger partial charge on any atom is 0.230 e. The molecule has 0 bridgehead atoms. The summed E-state index contributed by atoms with van der Waals surface area (Å²) in [5.74, 6) is -0.0631. The van der Waals surface area contributed by atoms with Crippen LogP contribution >= 0.6 is 34.5 Å². The van der Waals surface area contributed by atoms with E-state index in [9.17, 15) is 9.00 Å². The first-order valence-electron chi connectivity index (χ1n) is 7.88. The van der Waals surface area contributed by atoms with Gasteiger partial charge in [-0.3, -0.25) is 9.00 Å². The van der Waals surface area contributed by atoms with Gasteiger partial charge in [0.05, 0.1) is 22.5 Å². The average molecular weight is 430 g/mol. The van der Waals surface area contributed by atoms with Crippen LogP contribution < -0.4 is 5.32 Å². The van der Waals surface area contributed by atoms with Crippen LogP contribution in [0.4, 0.5) is 5.13 Å². The maximum absolute atomic E-state index is 12.5. The Hall–Kier alpha value is -1.28. The molecule has 0 unspecified atom stereocenters. The first-order valence-corrected chi connectivity index (χ1v) is 10.8. The molecule has 0 saturated heterocycles. The number of halogens is 2. The van der Waals surface area contributed by atoms with Crippen LogP contribution in [0.25, 0.3) is 0 Å². The van der Waals surface area contributed by atoms with Crippen molar-refractivity contribution in [2.75, 3.05) is 5.32 Å². The third kappa shape index (κ3) is 4.34. The Labute approximate surface area is 168 Å². The Morgan fingerprint density at radius 2 is 2.00 bits per heavy atom. The Morgan fingerprint density at radius 3 is 2.65 bits per heavy atom. The second-order valence-electron chi connectivity index (χ2n) is 6.62. The molecule has 9 heteroatoms. The molecule has 0 radical (unpaired) electrons. The highest BCUT2D eigenvalue weighted by molar-refractivity contribution is 7.86. The first kappa shape index (κ1) is 19.5. The molecule has 1 aromatic heterocycles. The molecule has 3 rings (SSSR count). The van der Waals surface area contributed by atoms with E-state index in [1.807, 2.05) is 44.2 Å². The van der Waals surface area contributed by atoms with E-state index < -0.39 is 10.8 Å². The van der Waals surface area contributed by atoms with Gasteiger partial charge in [0.1, 0.15) is 4.49 Å². The van der Waals surface area contributed by atoms with E-state index in [0.29, 0.717) is 15.2 Å². The van der Waals surface area contributed by atoms with Crippen molar-refractivity contribution in [1.29, 1.82) is 0 Å². The van der Waals surface area contributed by atoms with Gasteiger partial charge in [-0.1, -0.05) is 78.7 Å². The van der Waals surface area contributed by atoms with Crippen LogP contribution in [0.3, 0.4) is 0 Å². The predicted molar refractivity (Wildman–Crippen MR) is 106 cm³/mol. The van der Waals surface area contributed by atoms with Crippen LogP contribution in [0.15, 0.2) is 45.2 Å². The molecule has 1 aliphatic rings. The van der Waals surface area contributed by atoms with Gasteiger partial charge in [-0.25, -0.2) is 0 Å². The molecule has 5 nitrogen and oxygen atoms in total. The number of carbonyl (C=O) groups excluding carboxylic acids is 1. The van der Waals surface area contributed by atoms with Crippen molar-refractivity contribution in [3.05, 3.63) is 46.5 Å². The zero-order valence-electron chi connectivity index (χ0n) is 14.1. The number of nitrogens with zero attached hydrogens (tertiary/aromatic N) is 2. The van der Waals surface area contributed by atoms with Crippen molar-refractivity contribution in [2.24, 2.45) is 17.3 Å². The molecule has 1 aliphatic carbocycles. The summed E-state index contributed by atoms with van der Waals surface area (Å²) in [6.07, 6.45) is 1.69. The Morgan fingerprint density at radius 1 is 1.31 bits per heavy atom. The third-order valence-electron chi connectivity index (χ3n) is 4.47. The van der Waals surface area contributed by atoms with Crippen LogP contribution in [-0.2, 0) is 21.3 Å². The van der Waals surface area contributed by atoms with Gasteiger partial charge in [-0.15, -0.1) is 10.2 Å². The van der Waals surface area contributed by atoms with Crippen LogP contribution in [0.5, 0.6) is 0 Å². The van der Waals surface area contributed by atoms with Gasteiger partial charge in [0, 0.05) is 0 Å². The second kappa shape index (κ2) is 7.76. The highest BCUT2D eigenvalue weighted by atomic mass is 35.5. The normalized spacial score (nSPS) is 21.7. The lowest BCUT2D eigenvalue weighted by molar-refractivity contribution is -0.118. The monoisotopic (exact) mass is 429 g/mol. The van der Waals surface area contributed by atoms with Crippen molar-refractivity contribution >= 4 is 56.4 Å². The number of carbonyl (C=O) groups is 1. The number of allylic oxidation sites excluding steroid dienone is 1. The Balaban J connectivity index is 1.63. The third-order valence-corrected chi connectivity index (χ3v) is 7.23. The number of hydrogen-bond donors (Lipinski definition) is 1. The van der Waals surface area contributed by atoms with E-state index in [0.717, 1.165) is 16.9 Å². The summed E-state index contributed by atoms with van der Waals surface area (Å²) in [6.45, 7) is 3.96.